The number of nitrogens with zero attached hydrogens (tertiary/aromatic N) is 1. The molecule has 0 unspecified atom stereocenters. The highest BCUT2D eigenvalue weighted by Crippen LogP contribution is 2.33. The lowest BCUT2D eigenvalue weighted by Gasteiger charge is -2.18. The first-order valence-electron chi connectivity index (χ1n) is 8.09. The summed E-state index contributed by atoms with van der Waals surface area (Å²) in [5.74, 6) is -1.30. The Balaban J connectivity index is 1.72. The number of hydrogen-bond donors (Lipinski definition) is 1. The summed E-state index contributed by atoms with van der Waals surface area (Å²) in [5.41, 5.74) is 0.992. The van der Waals surface area contributed by atoms with Crippen molar-refractivity contribution in [3.8, 4) is 0 Å². The predicted molar refractivity (Wildman–Crippen MR) is 91.7 cm³/mol. The molecule has 0 aromatic heterocycles. The van der Waals surface area contributed by atoms with E-state index in [1.807, 2.05) is 19.1 Å². The van der Waals surface area contributed by atoms with Crippen LogP contribution in [-0.4, -0.2) is 18.4 Å². The molecular weight excluding hydrogens is 345 g/mol. The second-order valence-corrected chi connectivity index (χ2v) is 6.31. The second kappa shape index (κ2) is 6.82. The molecule has 0 saturated carbocycles. The summed E-state index contributed by atoms with van der Waals surface area (Å²) in [6.45, 7) is 1.98. The van der Waals surface area contributed by atoms with Gasteiger partial charge in [0, 0.05) is 24.3 Å². The van der Waals surface area contributed by atoms with Gasteiger partial charge >= 0.3 is 6.18 Å². The average molecular weight is 362 g/mol. The number of amides is 2. The fourth-order valence-corrected chi connectivity index (χ4v) is 2.86. The molecule has 3 rings (SSSR count). The number of hydrogen-bond acceptors (Lipinski definition) is 2. The zero-order chi connectivity index (χ0) is 18.9. The van der Waals surface area contributed by atoms with E-state index in [1.54, 1.807) is 12.1 Å². The minimum Gasteiger partial charge on any atom is -0.326 e. The number of benzene rings is 2. The number of alkyl halides is 3. The van der Waals surface area contributed by atoms with Gasteiger partial charge < -0.3 is 10.2 Å². The number of rotatable bonds is 3. The van der Waals surface area contributed by atoms with Crippen molar-refractivity contribution < 1.29 is 22.8 Å². The first-order chi connectivity index (χ1) is 12.2. The summed E-state index contributed by atoms with van der Waals surface area (Å²) < 4.78 is 38.6. The molecule has 7 heteroatoms. The first kappa shape index (κ1) is 18.0. The van der Waals surface area contributed by atoms with E-state index in [4.69, 9.17) is 0 Å². The third-order valence-electron chi connectivity index (χ3n) is 4.30. The molecule has 0 bridgehead atoms. The Hall–Kier alpha value is -2.83. The van der Waals surface area contributed by atoms with E-state index in [1.165, 1.54) is 17.0 Å². The third-order valence-corrected chi connectivity index (χ3v) is 4.30. The predicted octanol–water partition coefficient (Wildman–Crippen LogP) is 4.01. The molecule has 1 atom stereocenters. The van der Waals surface area contributed by atoms with Crippen LogP contribution in [0.15, 0.2) is 48.5 Å². The molecule has 1 heterocycles. The Bertz CT molecular complexity index is 831. The lowest BCUT2D eigenvalue weighted by atomic mass is 10.1. The quantitative estimate of drug-likeness (QED) is 0.897. The molecule has 0 spiro atoms. The Morgan fingerprint density at radius 3 is 2.50 bits per heavy atom. The van der Waals surface area contributed by atoms with Gasteiger partial charge in [0.2, 0.25) is 11.8 Å². The summed E-state index contributed by atoms with van der Waals surface area (Å²) >= 11 is 0. The van der Waals surface area contributed by atoms with E-state index in [2.05, 4.69) is 5.32 Å². The molecule has 26 heavy (non-hydrogen) atoms. The summed E-state index contributed by atoms with van der Waals surface area (Å²) in [6.07, 6.45) is -4.52. The van der Waals surface area contributed by atoms with Gasteiger partial charge in [0.1, 0.15) is 0 Å². The summed E-state index contributed by atoms with van der Waals surface area (Å²) in [6, 6.07) is 11.8. The largest absolute Gasteiger partial charge is 0.416 e. The van der Waals surface area contributed by atoms with Crippen LogP contribution in [0.5, 0.6) is 0 Å². The Morgan fingerprint density at radius 1 is 1.15 bits per heavy atom. The van der Waals surface area contributed by atoms with Crippen molar-refractivity contribution >= 4 is 23.2 Å². The highest BCUT2D eigenvalue weighted by atomic mass is 19.4. The molecule has 1 fully saturated rings. The molecule has 1 aliphatic rings. The van der Waals surface area contributed by atoms with Gasteiger partial charge in [0.05, 0.1) is 11.5 Å². The zero-order valence-electron chi connectivity index (χ0n) is 14.0. The maximum Gasteiger partial charge on any atom is 0.416 e. The van der Waals surface area contributed by atoms with Gasteiger partial charge in [-0.3, -0.25) is 9.59 Å². The smallest absolute Gasteiger partial charge is 0.326 e. The molecular formula is C19H17F3N2O2. The Morgan fingerprint density at radius 2 is 1.85 bits per heavy atom. The maximum atomic E-state index is 12.9. The monoisotopic (exact) mass is 362 g/mol. The van der Waals surface area contributed by atoms with Crippen LogP contribution in [0.25, 0.3) is 0 Å². The van der Waals surface area contributed by atoms with Crippen molar-refractivity contribution in [2.45, 2.75) is 19.5 Å². The number of aryl methyl sites for hydroxylation is 1. The molecule has 2 aromatic rings. The summed E-state index contributed by atoms with van der Waals surface area (Å²) in [4.78, 5) is 25.8. The van der Waals surface area contributed by atoms with Crippen molar-refractivity contribution in [3.63, 3.8) is 0 Å². The number of halogens is 3. The van der Waals surface area contributed by atoms with Crippen molar-refractivity contribution in [1.82, 2.24) is 0 Å². The van der Waals surface area contributed by atoms with Gasteiger partial charge in [-0.25, -0.2) is 0 Å². The standard InChI is InChI=1S/C19H17F3N2O2/c1-12-5-7-15(8-6-12)23-18(26)13-9-17(25)24(11-13)16-4-2-3-14(10-16)19(20,21)22/h2-8,10,13H,9,11H2,1H3,(H,23,26)/t13-/m0/s1. The summed E-state index contributed by atoms with van der Waals surface area (Å²) in [7, 11) is 0. The number of nitrogens with one attached hydrogen (secondary N) is 1. The molecule has 4 nitrogen and oxygen atoms in total. The minimum atomic E-state index is -4.49. The van der Waals surface area contributed by atoms with Gasteiger partial charge in [-0.1, -0.05) is 23.8 Å². The van der Waals surface area contributed by atoms with Gasteiger partial charge in [-0.15, -0.1) is 0 Å². The molecule has 2 amide bonds. The highest BCUT2D eigenvalue weighted by Gasteiger charge is 2.36. The van der Waals surface area contributed by atoms with Crippen LogP contribution in [0.2, 0.25) is 0 Å². The van der Waals surface area contributed by atoms with E-state index in [0.717, 1.165) is 17.7 Å². The normalized spacial score (nSPS) is 17.5. The van der Waals surface area contributed by atoms with E-state index in [-0.39, 0.29) is 30.5 Å². The SMILES string of the molecule is Cc1ccc(NC(=O)[C@H]2CC(=O)N(c3cccc(C(F)(F)F)c3)C2)cc1. The van der Waals surface area contributed by atoms with Gasteiger partial charge in [-0.05, 0) is 37.3 Å². The topological polar surface area (TPSA) is 49.4 Å². The average Bonchev–Trinajstić information content (AvgIpc) is 2.98. The van der Waals surface area contributed by atoms with Crippen LogP contribution in [0.3, 0.4) is 0 Å². The van der Waals surface area contributed by atoms with Crippen LogP contribution in [0.4, 0.5) is 24.5 Å². The molecule has 0 radical (unpaired) electrons. The van der Waals surface area contributed by atoms with E-state index >= 15 is 0 Å². The number of carbonyl (C=O) groups is 2. The van der Waals surface area contributed by atoms with E-state index in [9.17, 15) is 22.8 Å². The molecule has 1 aliphatic heterocycles. The third kappa shape index (κ3) is 3.87. The molecule has 1 saturated heterocycles. The zero-order valence-corrected chi connectivity index (χ0v) is 14.0. The Kier molecular flexibility index (Phi) is 4.71. The maximum absolute atomic E-state index is 12.9. The van der Waals surface area contributed by atoms with Gasteiger partial charge in [0.15, 0.2) is 0 Å². The van der Waals surface area contributed by atoms with Gasteiger partial charge in [0.25, 0.3) is 0 Å². The Labute approximate surface area is 148 Å². The van der Waals surface area contributed by atoms with Gasteiger partial charge in [-0.2, -0.15) is 13.2 Å². The fraction of sp³-hybridized carbons (Fsp3) is 0.263. The van der Waals surface area contributed by atoms with Crippen molar-refractivity contribution in [3.05, 3.63) is 59.7 Å². The van der Waals surface area contributed by atoms with Crippen LogP contribution in [0.1, 0.15) is 17.5 Å². The van der Waals surface area contributed by atoms with E-state index < -0.39 is 17.7 Å². The highest BCUT2D eigenvalue weighted by molar-refractivity contribution is 6.03. The van der Waals surface area contributed by atoms with Crippen molar-refractivity contribution in [2.75, 3.05) is 16.8 Å². The van der Waals surface area contributed by atoms with E-state index in [0.29, 0.717) is 5.69 Å². The lowest BCUT2D eigenvalue weighted by molar-refractivity contribution is -0.137. The van der Waals surface area contributed by atoms with Crippen molar-refractivity contribution in [2.24, 2.45) is 5.92 Å². The van der Waals surface area contributed by atoms with Crippen LogP contribution < -0.4 is 10.2 Å². The first-order valence-corrected chi connectivity index (χ1v) is 8.09. The van der Waals surface area contributed by atoms with Crippen molar-refractivity contribution in [1.29, 1.82) is 0 Å². The number of anilines is 2. The molecule has 2 aromatic carbocycles. The minimum absolute atomic E-state index is 0.0338. The summed E-state index contributed by atoms with van der Waals surface area (Å²) in [5, 5.41) is 2.74. The fourth-order valence-electron chi connectivity index (χ4n) is 2.86. The van der Waals surface area contributed by atoms with Crippen LogP contribution >= 0.6 is 0 Å². The second-order valence-electron chi connectivity index (χ2n) is 6.31. The lowest BCUT2D eigenvalue weighted by Crippen LogP contribution is -2.28. The molecule has 1 N–H and O–H groups in total. The molecule has 136 valence electrons. The molecule has 0 aliphatic carbocycles. The number of carbonyl (C=O) groups excluding carboxylic acids is 2. The van der Waals surface area contributed by atoms with Crippen LogP contribution in [-0.2, 0) is 15.8 Å². The van der Waals surface area contributed by atoms with Crippen LogP contribution in [0, 0.1) is 12.8 Å².